The van der Waals surface area contributed by atoms with Crippen molar-refractivity contribution in [2.75, 3.05) is 13.1 Å². The molecule has 2 aromatic rings. The van der Waals surface area contributed by atoms with Crippen molar-refractivity contribution in [1.82, 2.24) is 14.7 Å². The van der Waals surface area contributed by atoms with Crippen molar-refractivity contribution in [1.29, 1.82) is 0 Å². The van der Waals surface area contributed by atoms with Gasteiger partial charge in [-0.15, -0.1) is 0 Å². The number of likely N-dealkylation sites (tertiary alicyclic amines) is 1. The number of aliphatic hydroxyl groups is 1. The molecule has 0 spiro atoms. The lowest BCUT2D eigenvalue weighted by atomic mass is 10.1. The van der Waals surface area contributed by atoms with Gasteiger partial charge < -0.3 is 5.11 Å². The Kier molecular flexibility index (Phi) is 3.36. The largest absolute Gasteiger partial charge is 0.392 e. The number of nitrogens with zero attached hydrogens (tertiary/aromatic N) is 3. The van der Waals surface area contributed by atoms with Gasteiger partial charge in [-0.2, -0.15) is 5.10 Å². The monoisotopic (exact) mass is 257 g/mol. The van der Waals surface area contributed by atoms with Crippen LogP contribution >= 0.6 is 0 Å². The zero-order valence-electron chi connectivity index (χ0n) is 11.2. The minimum absolute atomic E-state index is 0.170. The second-order valence-corrected chi connectivity index (χ2v) is 5.22. The van der Waals surface area contributed by atoms with E-state index in [1.807, 2.05) is 29.9 Å². The van der Waals surface area contributed by atoms with Crippen LogP contribution < -0.4 is 0 Å². The lowest BCUT2D eigenvalue weighted by Gasteiger charge is -2.14. The fourth-order valence-electron chi connectivity index (χ4n) is 2.69. The molecule has 1 aliphatic heterocycles. The Balaban J connectivity index is 1.85. The summed E-state index contributed by atoms with van der Waals surface area (Å²) in [6.45, 7) is 2.59. The Morgan fingerprint density at radius 1 is 1.32 bits per heavy atom. The van der Waals surface area contributed by atoms with E-state index >= 15 is 0 Å². The second-order valence-electron chi connectivity index (χ2n) is 5.22. The maximum Gasteiger partial charge on any atom is 0.0968 e. The maximum atomic E-state index is 9.61. The summed E-state index contributed by atoms with van der Waals surface area (Å²) in [6.07, 6.45) is 2.78. The number of aliphatic hydroxyl groups excluding tert-OH is 1. The predicted octanol–water partition coefficient (Wildman–Crippen LogP) is 1.65. The highest BCUT2D eigenvalue weighted by Crippen LogP contribution is 2.24. The van der Waals surface area contributed by atoms with Gasteiger partial charge in [0.2, 0.25) is 0 Å². The molecule has 0 saturated carbocycles. The Morgan fingerprint density at radius 2 is 2.11 bits per heavy atom. The van der Waals surface area contributed by atoms with Crippen molar-refractivity contribution >= 4 is 0 Å². The van der Waals surface area contributed by atoms with Gasteiger partial charge in [-0.1, -0.05) is 30.3 Å². The Hall–Kier alpha value is -1.65. The summed E-state index contributed by atoms with van der Waals surface area (Å²) in [7, 11) is 1.95. The molecule has 1 aromatic heterocycles. The van der Waals surface area contributed by atoms with E-state index in [4.69, 9.17) is 0 Å². The van der Waals surface area contributed by atoms with Crippen LogP contribution in [0.2, 0.25) is 0 Å². The molecule has 19 heavy (non-hydrogen) atoms. The molecule has 0 amide bonds. The van der Waals surface area contributed by atoms with E-state index in [9.17, 15) is 5.11 Å². The van der Waals surface area contributed by atoms with Crippen LogP contribution in [0.25, 0.3) is 11.3 Å². The Morgan fingerprint density at radius 3 is 2.79 bits per heavy atom. The normalized spacial score (nSPS) is 20.0. The minimum atomic E-state index is -0.170. The summed E-state index contributed by atoms with van der Waals surface area (Å²) < 4.78 is 1.87. The van der Waals surface area contributed by atoms with Crippen molar-refractivity contribution in [3.8, 4) is 11.3 Å². The number of aromatic nitrogens is 2. The van der Waals surface area contributed by atoms with Crippen LogP contribution in [0.4, 0.5) is 0 Å². The molecule has 0 radical (unpaired) electrons. The van der Waals surface area contributed by atoms with Crippen molar-refractivity contribution in [3.63, 3.8) is 0 Å². The Labute approximate surface area is 113 Å². The SMILES string of the molecule is Cn1cc(CN2CC[C@@H](O)C2)c(-c2ccccc2)n1. The van der Waals surface area contributed by atoms with Gasteiger partial charge in [-0.25, -0.2) is 0 Å². The predicted molar refractivity (Wildman–Crippen MR) is 74.5 cm³/mol. The standard InChI is InChI=1S/C15H19N3O/c1-17-9-13(10-18-8-7-14(19)11-18)15(16-17)12-5-3-2-4-6-12/h2-6,9,14,19H,7-8,10-11H2,1H3/t14-/m1/s1. The molecule has 3 rings (SSSR count). The van der Waals surface area contributed by atoms with Gasteiger partial charge >= 0.3 is 0 Å². The average molecular weight is 257 g/mol. The van der Waals surface area contributed by atoms with E-state index in [0.29, 0.717) is 0 Å². The molecule has 1 N–H and O–H groups in total. The fraction of sp³-hybridized carbons (Fsp3) is 0.400. The third kappa shape index (κ3) is 2.69. The highest BCUT2D eigenvalue weighted by molar-refractivity contribution is 5.62. The molecule has 1 aliphatic rings. The first-order chi connectivity index (χ1) is 9.22. The molecule has 0 aliphatic carbocycles. The van der Waals surface area contributed by atoms with E-state index in [1.54, 1.807) is 0 Å². The summed E-state index contributed by atoms with van der Waals surface area (Å²) in [5.41, 5.74) is 3.42. The van der Waals surface area contributed by atoms with E-state index in [2.05, 4.69) is 28.3 Å². The molecule has 1 atom stereocenters. The second kappa shape index (κ2) is 5.15. The van der Waals surface area contributed by atoms with Gasteiger partial charge in [0, 0.05) is 44.0 Å². The summed E-state index contributed by atoms with van der Waals surface area (Å²) in [6, 6.07) is 10.3. The first kappa shape index (κ1) is 12.4. The zero-order chi connectivity index (χ0) is 13.2. The number of aryl methyl sites for hydroxylation is 1. The van der Waals surface area contributed by atoms with Crippen LogP contribution in [0.3, 0.4) is 0 Å². The van der Waals surface area contributed by atoms with Crippen LogP contribution in [0.15, 0.2) is 36.5 Å². The first-order valence-corrected chi connectivity index (χ1v) is 6.71. The van der Waals surface area contributed by atoms with Crippen LogP contribution in [0.5, 0.6) is 0 Å². The number of rotatable bonds is 3. The Bertz CT molecular complexity index is 550. The smallest absolute Gasteiger partial charge is 0.0968 e. The quantitative estimate of drug-likeness (QED) is 0.909. The molecule has 100 valence electrons. The van der Waals surface area contributed by atoms with E-state index in [1.165, 1.54) is 5.56 Å². The molecule has 0 unspecified atom stereocenters. The first-order valence-electron chi connectivity index (χ1n) is 6.71. The summed E-state index contributed by atoms with van der Waals surface area (Å²) >= 11 is 0. The maximum absolute atomic E-state index is 9.61. The van der Waals surface area contributed by atoms with Gasteiger partial charge in [0.15, 0.2) is 0 Å². The van der Waals surface area contributed by atoms with Crippen LogP contribution in [-0.2, 0) is 13.6 Å². The topological polar surface area (TPSA) is 41.3 Å². The molecule has 1 saturated heterocycles. The van der Waals surface area contributed by atoms with E-state index in [-0.39, 0.29) is 6.10 Å². The van der Waals surface area contributed by atoms with Crippen LogP contribution in [-0.4, -0.2) is 39.0 Å². The van der Waals surface area contributed by atoms with Crippen molar-refractivity contribution in [3.05, 3.63) is 42.1 Å². The number of hydrogen-bond donors (Lipinski definition) is 1. The van der Waals surface area contributed by atoms with Gasteiger partial charge in [0.1, 0.15) is 0 Å². The summed E-state index contributed by atoms with van der Waals surface area (Å²) in [4.78, 5) is 2.29. The number of β-amino-alcohol motifs (C(OH)–C–C–N with tert-alkyl or cyclic N) is 1. The van der Waals surface area contributed by atoms with Crippen molar-refractivity contribution in [2.45, 2.75) is 19.1 Å². The summed E-state index contributed by atoms with van der Waals surface area (Å²) in [5.74, 6) is 0. The van der Waals surface area contributed by atoms with E-state index in [0.717, 1.165) is 37.3 Å². The number of benzene rings is 1. The molecule has 0 bridgehead atoms. The van der Waals surface area contributed by atoms with Crippen molar-refractivity contribution < 1.29 is 5.11 Å². The molecular weight excluding hydrogens is 238 g/mol. The van der Waals surface area contributed by atoms with Crippen LogP contribution in [0, 0.1) is 0 Å². The van der Waals surface area contributed by atoms with E-state index < -0.39 is 0 Å². The van der Waals surface area contributed by atoms with Crippen molar-refractivity contribution in [2.24, 2.45) is 7.05 Å². The molecule has 4 nitrogen and oxygen atoms in total. The molecule has 4 heteroatoms. The lowest BCUT2D eigenvalue weighted by Crippen LogP contribution is -2.21. The zero-order valence-corrected chi connectivity index (χ0v) is 11.2. The third-order valence-electron chi connectivity index (χ3n) is 3.59. The number of hydrogen-bond acceptors (Lipinski definition) is 3. The minimum Gasteiger partial charge on any atom is -0.392 e. The highest BCUT2D eigenvalue weighted by atomic mass is 16.3. The molecule has 2 heterocycles. The van der Waals surface area contributed by atoms with Crippen LogP contribution in [0.1, 0.15) is 12.0 Å². The summed E-state index contributed by atoms with van der Waals surface area (Å²) in [5, 5.41) is 14.2. The average Bonchev–Trinajstić information content (AvgIpc) is 2.97. The lowest BCUT2D eigenvalue weighted by molar-refractivity contribution is 0.175. The third-order valence-corrected chi connectivity index (χ3v) is 3.59. The van der Waals surface area contributed by atoms with Gasteiger partial charge in [0.25, 0.3) is 0 Å². The van der Waals surface area contributed by atoms with Gasteiger partial charge in [-0.3, -0.25) is 9.58 Å². The molecule has 1 aromatic carbocycles. The highest BCUT2D eigenvalue weighted by Gasteiger charge is 2.22. The molecule has 1 fully saturated rings. The van der Waals surface area contributed by atoms with Gasteiger partial charge in [0.05, 0.1) is 11.8 Å². The molecular formula is C15H19N3O. The van der Waals surface area contributed by atoms with Gasteiger partial charge in [-0.05, 0) is 6.42 Å². The fourth-order valence-corrected chi connectivity index (χ4v) is 2.69.